The molecule has 2 rings (SSSR count). The molecule has 0 saturated carbocycles. The number of nitrogens with one attached hydrogen (secondary N) is 1. The predicted octanol–water partition coefficient (Wildman–Crippen LogP) is -0.569. The number of rotatable bonds is 5. The topological polar surface area (TPSA) is 125 Å². The van der Waals surface area contributed by atoms with Gasteiger partial charge >= 0.3 is 10.2 Å². The number of hydrazine groups is 1. The molecule has 0 fully saturated rings. The Labute approximate surface area is 148 Å². The minimum absolute atomic E-state index is 0.112. The van der Waals surface area contributed by atoms with Crippen LogP contribution in [-0.4, -0.2) is 51.0 Å². The Balaban J connectivity index is 2.38. The zero-order valence-electron chi connectivity index (χ0n) is 12.3. The second-order valence-electron chi connectivity index (χ2n) is 5.07. The number of hydrogen-bond donors (Lipinski definition) is 2. The number of primary sulfonamides is 1. The summed E-state index contributed by atoms with van der Waals surface area (Å²) in [5.41, 5.74) is 3.04. The van der Waals surface area contributed by atoms with Crippen LogP contribution in [0.1, 0.15) is 5.56 Å². The highest BCUT2D eigenvalue weighted by Crippen LogP contribution is 2.25. The summed E-state index contributed by atoms with van der Waals surface area (Å²) < 4.78 is 50.8. The van der Waals surface area contributed by atoms with E-state index in [1.807, 2.05) is 0 Å². The Morgan fingerprint density at radius 2 is 1.83 bits per heavy atom. The number of nitrogens with two attached hydrogens (primary N) is 1. The Bertz CT molecular complexity index is 822. The fourth-order valence-corrected chi connectivity index (χ4v) is 3.86. The van der Waals surface area contributed by atoms with Crippen LogP contribution in [0.2, 0.25) is 0 Å². The lowest BCUT2D eigenvalue weighted by Gasteiger charge is -2.28. The van der Waals surface area contributed by atoms with E-state index in [1.165, 1.54) is 14.1 Å². The first-order valence-corrected chi connectivity index (χ1v) is 10.3. The summed E-state index contributed by atoms with van der Waals surface area (Å²) in [7, 11) is -5.51. The number of nitrogens with zero attached hydrogens (tertiary/aromatic N) is 3. The summed E-state index contributed by atoms with van der Waals surface area (Å²) in [5, 5.41) is 5.29. The Kier molecular flexibility index (Phi) is 5.04. The molecule has 0 spiro atoms. The maximum absolute atomic E-state index is 12.1. The Morgan fingerprint density at radius 1 is 1.26 bits per heavy atom. The monoisotopic (exact) mass is 473 g/mol. The lowest BCUT2D eigenvalue weighted by atomic mass is 10.1. The third-order valence-corrected chi connectivity index (χ3v) is 6.80. The summed E-state index contributed by atoms with van der Waals surface area (Å²) >= 11 is 2.12. The van der Waals surface area contributed by atoms with E-state index >= 15 is 0 Å². The highest BCUT2D eigenvalue weighted by Gasteiger charge is 2.48. The molecule has 23 heavy (non-hydrogen) atoms. The van der Waals surface area contributed by atoms with Crippen LogP contribution in [0.5, 0.6) is 0 Å². The highest BCUT2D eigenvalue weighted by molar-refractivity contribution is 14.1. The molecule has 1 aliphatic heterocycles. The van der Waals surface area contributed by atoms with Crippen LogP contribution in [0, 0.1) is 3.57 Å². The van der Waals surface area contributed by atoms with Crippen molar-refractivity contribution in [3.63, 3.8) is 0 Å². The zero-order valence-corrected chi connectivity index (χ0v) is 16.1. The van der Waals surface area contributed by atoms with Crippen LogP contribution >= 0.6 is 22.6 Å². The van der Waals surface area contributed by atoms with Gasteiger partial charge in [-0.15, -0.1) is 0 Å². The average Bonchev–Trinajstić information content (AvgIpc) is 2.87. The van der Waals surface area contributed by atoms with Crippen molar-refractivity contribution in [2.24, 2.45) is 10.1 Å². The summed E-state index contributed by atoms with van der Waals surface area (Å²) in [6.07, 6.45) is 0.797. The van der Waals surface area contributed by atoms with Crippen LogP contribution in [0.25, 0.3) is 0 Å². The number of halogens is 1. The molecule has 1 aromatic rings. The fraction of sp³-hybridized carbons (Fsp3) is 0.364. The third kappa shape index (κ3) is 3.66. The standard InChI is InChI=1S/C11H16IN5O4S2/c1-16(2)23(20,21)17-8-14-11(15-17,22(13,18)19)7-9-3-5-10(12)6-4-9/h3-6,8,15H,7H2,1-2H3,(H2,13,18,19). The van der Waals surface area contributed by atoms with Crippen molar-refractivity contribution < 1.29 is 16.8 Å². The van der Waals surface area contributed by atoms with Gasteiger partial charge in [0, 0.05) is 24.1 Å². The molecule has 1 unspecified atom stereocenters. The molecule has 1 heterocycles. The molecular weight excluding hydrogens is 457 g/mol. The molecule has 0 amide bonds. The van der Waals surface area contributed by atoms with Crippen molar-refractivity contribution in [1.82, 2.24) is 14.1 Å². The molecule has 9 nitrogen and oxygen atoms in total. The molecule has 3 N–H and O–H groups in total. The van der Waals surface area contributed by atoms with E-state index in [1.54, 1.807) is 24.3 Å². The zero-order chi connectivity index (χ0) is 17.5. The van der Waals surface area contributed by atoms with Crippen molar-refractivity contribution in [2.45, 2.75) is 11.4 Å². The minimum atomic E-state index is -4.23. The van der Waals surface area contributed by atoms with Gasteiger partial charge in [0.2, 0.25) is 4.99 Å². The van der Waals surface area contributed by atoms with Crippen molar-refractivity contribution in [1.29, 1.82) is 0 Å². The average molecular weight is 473 g/mol. The van der Waals surface area contributed by atoms with E-state index in [0.717, 1.165) is 14.2 Å². The maximum atomic E-state index is 12.1. The first-order valence-electron chi connectivity index (χ1n) is 6.30. The second-order valence-corrected chi connectivity index (χ2v) is 10.1. The summed E-state index contributed by atoms with van der Waals surface area (Å²) in [4.78, 5) is 1.89. The van der Waals surface area contributed by atoms with E-state index in [-0.39, 0.29) is 6.42 Å². The molecule has 128 valence electrons. The normalized spacial score (nSPS) is 22.0. The van der Waals surface area contributed by atoms with E-state index in [2.05, 4.69) is 33.0 Å². The van der Waals surface area contributed by atoms with Crippen LogP contribution in [0.3, 0.4) is 0 Å². The first-order chi connectivity index (χ1) is 10.5. The minimum Gasteiger partial charge on any atom is -0.232 e. The van der Waals surface area contributed by atoms with E-state index in [9.17, 15) is 16.8 Å². The van der Waals surface area contributed by atoms with Crippen molar-refractivity contribution in [3.05, 3.63) is 33.4 Å². The smallest absolute Gasteiger partial charge is 0.232 e. The van der Waals surface area contributed by atoms with Gasteiger partial charge in [-0.2, -0.15) is 22.6 Å². The lowest BCUT2D eigenvalue weighted by molar-refractivity contribution is 0.344. The summed E-state index contributed by atoms with van der Waals surface area (Å²) in [6.45, 7) is 0. The van der Waals surface area contributed by atoms with Crippen molar-refractivity contribution in [3.8, 4) is 0 Å². The number of aliphatic imine (C=N–C) groups is 1. The third-order valence-electron chi connectivity index (χ3n) is 3.19. The molecule has 1 aromatic carbocycles. The number of hydrogen-bond acceptors (Lipinski definition) is 6. The highest BCUT2D eigenvalue weighted by atomic mass is 127. The molecule has 0 bridgehead atoms. The van der Waals surface area contributed by atoms with Gasteiger partial charge < -0.3 is 0 Å². The van der Waals surface area contributed by atoms with Crippen LogP contribution in [0.15, 0.2) is 29.3 Å². The van der Waals surface area contributed by atoms with E-state index < -0.39 is 25.2 Å². The SMILES string of the molecule is CN(C)S(=O)(=O)N1C=NC(Cc2ccc(I)cc2)(S(N)(=O)=O)N1. The lowest BCUT2D eigenvalue weighted by Crippen LogP contribution is -2.58. The Morgan fingerprint density at radius 3 is 2.30 bits per heavy atom. The van der Waals surface area contributed by atoms with Gasteiger partial charge in [-0.05, 0) is 40.3 Å². The number of sulfonamides is 1. The predicted molar refractivity (Wildman–Crippen MR) is 94.8 cm³/mol. The number of benzene rings is 1. The quantitative estimate of drug-likeness (QED) is 0.555. The first kappa shape index (κ1) is 18.5. The van der Waals surface area contributed by atoms with Gasteiger partial charge in [-0.3, -0.25) is 0 Å². The van der Waals surface area contributed by atoms with Gasteiger partial charge in [-0.1, -0.05) is 12.1 Å². The maximum Gasteiger partial charge on any atom is 0.318 e. The molecule has 0 radical (unpaired) electrons. The van der Waals surface area contributed by atoms with Crippen molar-refractivity contribution in [2.75, 3.05) is 14.1 Å². The van der Waals surface area contributed by atoms with E-state index in [4.69, 9.17) is 5.14 Å². The van der Waals surface area contributed by atoms with Gasteiger partial charge in [0.05, 0.1) is 0 Å². The molecule has 0 aromatic heterocycles. The van der Waals surface area contributed by atoms with Gasteiger partial charge in [-0.25, -0.2) is 18.5 Å². The molecule has 12 heteroatoms. The molecule has 0 saturated heterocycles. The fourth-order valence-electron chi connectivity index (χ4n) is 1.87. The summed E-state index contributed by atoms with van der Waals surface area (Å²) in [6, 6.07) is 7.07. The molecular formula is C11H16IN5O4S2. The van der Waals surface area contributed by atoms with Gasteiger partial charge in [0.1, 0.15) is 6.34 Å². The van der Waals surface area contributed by atoms with Crippen molar-refractivity contribution >= 4 is 49.2 Å². The van der Waals surface area contributed by atoms with Crippen LogP contribution in [-0.2, 0) is 26.7 Å². The van der Waals surface area contributed by atoms with Crippen LogP contribution < -0.4 is 10.6 Å². The van der Waals surface area contributed by atoms with Crippen LogP contribution in [0.4, 0.5) is 0 Å². The molecule has 0 aliphatic carbocycles. The second kappa shape index (κ2) is 6.25. The molecule has 1 atom stereocenters. The van der Waals surface area contributed by atoms with Gasteiger partial charge in [0.15, 0.2) is 0 Å². The van der Waals surface area contributed by atoms with Gasteiger partial charge in [0.25, 0.3) is 10.0 Å². The van der Waals surface area contributed by atoms with E-state index in [0.29, 0.717) is 9.98 Å². The summed E-state index contributed by atoms with van der Waals surface area (Å²) in [5.74, 6) is 0. The molecule has 1 aliphatic rings. The largest absolute Gasteiger partial charge is 0.318 e. The Hall–Kier alpha value is -0.800.